The molecule has 1 fully saturated rings. The molecular weight excluding hydrogens is 404 g/mol. The highest BCUT2D eigenvalue weighted by atomic mass is 32.2. The third kappa shape index (κ3) is 4.69. The molecule has 8 nitrogen and oxygen atoms in total. The smallest absolute Gasteiger partial charge is 0.244 e. The molecule has 1 aliphatic rings. The predicted octanol–water partition coefficient (Wildman–Crippen LogP) is 2.61. The molecule has 2 atom stereocenters. The third-order valence-corrected chi connectivity index (χ3v) is 6.57. The number of hydrogen-bond donors (Lipinski definition) is 1. The highest BCUT2D eigenvalue weighted by molar-refractivity contribution is 7.88. The molecule has 0 spiro atoms. The molecular formula is C21H24N4O4S. The zero-order valence-electron chi connectivity index (χ0n) is 16.9. The Kier molecular flexibility index (Phi) is 5.85. The Morgan fingerprint density at radius 3 is 2.60 bits per heavy atom. The van der Waals surface area contributed by atoms with E-state index in [1.807, 2.05) is 66.5 Å². The Balaban J connectivity index is 1.42. The summed E-state index contributed by atoms with van der Waals surface area (Å²) in [6, 6.07) is 16.2. The van der Waals surface area contributed by atoms with E-state index in [9.17, 15) is 8.42 Å². The monoisotopic (exact) mass is 428 g/mol. The first-order chi connectivity index (χ1) is 14.4. The molecule has 0 unspecified atom stereocenters. The maximum atomic E-state index is 12.6. The average molecular weight is 429 g/mol. The van der Waals surface area contributed by atoms with Gasteiger partial charge in [-0.1, -0.05) is 35.5 Å². The summed E-state index contributed by atoms with van der Waals surface area (Å²) in [5.74, 6) is 1.69. The first-order valence-corrected chi connectivity index (χ1v) is 11.3. The normalized spacial score (nSPS) is 19.8. The van der Waals surface area contributed by atoms with Gasteiger partial charge < -0.3 is 9.26 Å². The second kappa shape index (κ2) is 8.55. The van der Waals surface area contributed by atoms with Crippen LogP contribution in [0.1, 0.15) is 23.9 Å². The number of nitrogens with zero attached hydrogens (tertiary/aromatic N) is 3. The van der Waals surface area contributed by atoms with E-state index < -0.39 is 10.0 Å². The fraction of sp³-hybridized carbons (Fsp3) is 0.333. The van der Waals surface area contributed by atoms with Crippen LogP contribution in [0.15, 0.2) is 59.1 Å². The number of sulfonamides is 1. The van der Waals surface area contributed by atoms with E-state index in [2.05, 4.69) is 14.9 Å². The summed E-state index contributed by atoms with van der Waals surface area (Å²) in [7, 11) is 0.0903. The van der Waals surface area contributed by atoms with Gasteiger partial charge in [-0.25, -0.2) is 13.1 Å². The molecule has 2 heterocycles. The van der Waals surface area contributed by atoms with Crippen LogP contribution in [0.5, 0.6) is 5.75 Å². The van der Waals surface area contributed by atoms with Crippen molar-refractivity contribution in [3.63, 3.8) is 0 Å². The molecule has 1 N–H and O–H groups in total. The second-order valence-corrected chi connectivity index (χ2v) is 9.19. The molecule has 4 rings (SSSR count). The number of likely N-dealkylation sites (N-methyl/N-ethyl adjacent to an activating group) is 1. The molecule has 30 heavy (non-hydrogen) atoms. The van der Waals surface area contributed by atoms with Gasteiger partial charge in [0.2, 0.25) is 21.7 Å². The van der Waals surface area contributed by atoms with Gasteiger partial charge in [0.1, 0.15) is 5.75 Å². The van der Waals surface area contributed by atoms with E-state index in [-0.39, 0.29) is 17.8 Å². The van der Waals surface area contributed by atoms with Crippen molar-refractivity contribution < 1.29 is 17.7 Å². The minimum atomic E-state index is -3.45. The highest BCUT2D eigenvalue weighted by Gasteiger charge is 2.36. The van der Waals surface area contributed by atoms with Crippen LogP contribution in [-0.4, -0.2) is 50.2 Å². The number of aromatic nitrogens is 2. The number of ether oxygens (including phenoxy) is 1. The van der Waals surface area contributed by atoms with Crippen LogP contribution in [0.3, 0.4) is 0 Å². The largest absolute Gasteiger partial charge is 0.497 e. The molecule has 1 aromatic heterocycles. The molecule has 0 radical (unpaired) electrons. The van der Waals surface area contributed by atoms with Crippen molar-refractivity contribution in [2.45, 2.75) is 24.3 Å². The van der Waals surface area contributed by atoms with Crippen molar-refractivity contribution in [1.29, 1.82) is 0 Å². The van der Waals surface area contributed by atoms with Crippen LogP contribution < -0.4 is 9.46 Å². The summed E-state index contributed by atoms with van der Waals surface area (Å²) < 4.78 is 38.6. The van der Waals surface area contributed by atoms with E-state index in [4.69, 9.17) is 9.26 Å². The Morgan fingerprint density at radius 2 is 1.90 bits per heavy atom. The maximum Gasteiger partial charge on any atom is 0.244 e. The van der Waals surface area contributed by atoms with Crippen LogP contribution in [0.2, 0.25) is 0 Å². The molecule has 2 aromatic carbocycles. The summed E-state index contributed by atoms with van der Waals surface area (Å²) >= 11 is 0. The molecule has 0 saturated carbocycles. The van der Waals surface area contributed by atoms with Crippen molar-refractivity contribution >= 4 is 10.0 Å². The van der Waals surface area contributed by atoms with Crippen LogP contribution >= 0.6 is 0 Å². The second-order valence-electron chi connectivity index (χ2n) is 7.44. The van der Waals surface area contributed by atoms with Crippen LogP contribution in [0.25, 0.3) is 11.4 Å². The molecule has 0 bridgehead atoms. The van der Waals surface area contributed by atoms with Gasteiger partial charge in [-0.15, -0.1) is 0 Å². The van der Waals surface area contributed by atoms with Gasteiger partial charge in [-0.2, -0.15) is 4.98 Å². The quantitative estimate of drug-likeness (QED) is 0.618. The van der Waals surface area contributed by atoms with Crippen molar-refractivity contribution in [3.8, 4) is 17.1 Å². The number of methoxy groups -OCH3 is 1. The highest BCUT2D eigenvalue weighted by Crippen LogP contribution is 2.31. The number of rotatable bonds is 7. The molecule has 1 saturated heterocycles. The molecule has 9 heteroatoms. The van der Waals surface area contributed by atoms with E-state index in [0.717, 1.165) is 16.9 Å². The minimum absolute atomic E-state index is 0.0408. The molecule has 0 aliphatic carbocycles. The SMILES string of the molecule is COc1ccc(-c2noc([C@@H]3C[C@H](NS(=O)(=O)Cc4ccccc4)CN3C)n2)cc1. The Morgan fingerprint density at radius 1 is 1.17 bits per heavy atom. The van der Waals surface area contributed by atoms with Gasteiger partial charge in [0.15, 0.2) is 0 Å². The van der Waals surface area contributed by atoms with Crippen molar-refractivity contribution in [2.75, 3.05) is 20.7 Å². The Hall–Kier alpha value is -2.75. The van der Waals surface area contributed by atoms with Crippen LogP contribution in [-0.2, 0) is 15.8 Å². The van der Waals surface area contributed by atoms with E-state index in [1.165, 1.54) is 0 Å². The standard InChI is InChI=1S/C21H24N4O4S/c1-25-13-17(24-30(26,27)14-15-6-4-3-5-7-15)12-19(25)21-22-20(23-29-21)16-8-10-18(28-2)11-9-16/h3-11,17,19,24H,12-14H2,1-2H3/t17-,19-/m0/s1. The van der Waals surface area contributed by atoms with Gasteiger partial charge in [0.05, 0.1) is 18.9 Å². The molecule has 1 aliphatic heterocycles. The fourth-order valence-electron chi connectivity index (χ4n) is 3.69. The van der Waals surface area contributed by atoms with Crippen molar-refractivity contribution in [3.05, 3.63) is 66.1 Å². The molecule has 158 valence electrons. The number of likely N-dealkylation sites (tertiary alicyclic amines) is 1. The third-order valence-electron chi connectivity index (χ3n) is 5.17. The van der Waals surface area contributed by atoms with Gasteiger partial charge >= 0.3 is 0 Å². The van der Waals surface area contributed by atoms with Gasteiger partial charge in [0, 0.05) is 18.2 Å². The van der Waals surface area contributed by atoms with E-state index in [1.54, 1.807) is 7.11 Å². The predicted molar refractivity (Wildman–Crippen MR) is 112 cm³/mol. The van der Waals surface area contributed by atoms with Gasteiger partial charge in [-0.3, -0.25) is 4.90 Å². The lowest BCUT2D eigenvalue weighted by Crippen LogP contribution is -2.37. The Bertz CT molecular complexity index is 1080. The lowest BCUT2D eigenvalue weighted by molar-refractivity contribution is 0.244. The van der Waals surface area contributed by atoms with Gasteiger partial charge in [-0.05, 0) is 43.3 Å². The summed E-state index contributed by atoms with van der Waals surface area (Å²) in [6.07, 6.45) is 0.564. The summed E-state index contributed by atoms with van der Waals surface area (Å²) in [5, 5.41) is 4.08. The first-order valence-electron chi connectivity index (χ1n) is 9.66. The average Bonchev–Trinajstić information content (AvgIpc) is 3.34. The molecule has 0 amide bonds. The Labute approximate surface area is 175 Å². The lowest BCUT2D eigenvalue weighted by atomic mass is 10.2. The minimum Gasteiger partial charge on any atom is -0.497 e. The number of benzene rings is 2. The van der Waals surface area contributed by atoms with E-state index in [0.29, 0.717) is 24.7 Å². The summed E-state index contributed by atoms with van der Waals surface area (Å²) in [4.78, 5) is 6.56. The fourth-order valence-corrected chi connectivity index (χ4v) is 5.08. The van der Waals surface area contributed by atoms with Gasteiger partial charge in [0.25, 0.3) is 0 Å². The zero-order chi connectivity index (χ0) is 21.1. The lowest BCUT2D eigenvalue weighted by Gasteiger charge is -2.14. The van der Waals surface area contributed by atoms with E-state index >= 15 is 0 Å². The van der Waals surface area contributed by atoms with Crippen molar-refractivity contribution in [1.82, 2.24) is 19.8 Å². The zero-order valence-corrected chi connectivity index (χ0v) is 17.7. The summed E-state index contributed by atoms with van der Waals surface area (Å²) in [5.41, 5.74) is 1.58. The topological polar surface area (TPSA) is 97.6 Å². The maximum absolute atomic E-state index is 12.6. The first kappa shape index (κ1) is 20.5. The van der Waals surface area contributed by atoms with Crippen LogP contribution in [0, 0.1) is 0 Å². The summed E-state index contributed by atoms with van der Waals surface area (Å²) in [6.45, 7) is 0.568. The number of hydrogen-bond acceptors (Lipinski definition) is 7. The van der Waals surface area contributed by atoms with Crippen LogP contribution in [0.4, 0.5) is 0 Å². The molecule has 3 aromatic rings. The number of nitrogens with one attached hydrogen (secondary N) is 1. The van der Waals surface area contributed by atoms with Crippen molar-refractivity contribution in [2.24, 2.45) is 0 Å².